The van der Waals surface area contributed by atoms with Gasteiger partial charge in [-0.3, -0.25) is 4.98 Å². The number of nitrogens with zero attached hydrogens (tertiary/aromatic N) is 3. The Balaban J connectivity index is 0.00000176. The Morgan fingerprint density at radius 1 is 1.32 bits per heavy atom. The van der Waals surface area contributed by atoms with Gasteiger partial charge in [0.2, 0.25) is 0 Å². The molecule has 5 heteroatoms. The lowest BCUT2D eigenvalue weighted by Crippen LogP contribution is -2.47. The number of rotatable bonds is 2. The van der Waals surface area contributed by atoms with Gasteiger partial charge in [0.1, 0.15) is 6.07 Å². The molecule has 2 aromatic rings. The zero-order valence-electron chi connectivity index (χ0n) is 12.9. The number of hydrogen-bond acceptors (Lipinski definition) is 4. The molecule has 0 bridgehead atoms. The molecule has 116 valence electrons. The van der Waals surface area contributed by atoms with E-state index in [0.29, 0.717) is 17.5 Å². The molecular formula is C17H21ClN4. The van der Waals surface area contributed by atoms with E-state index in [1.807, 2.05) is 19.2 Å². The molecule has 0 unspecified atom stereocenters. The van der Waals surface area contributed by atoms with Crippen molar-refractivity contribution in [3.05, 3.63) is 36.0 Å². The highest BCUT2D eigenvalue weighted by Crippen LogP contribution is 2.31. The van der Waals surface area contributed by atoms with Crippen molar-refractivity contribution < 1.29 is 0 Å². The quantitative estimate of drug-likeness (QED) is 0.925. The summed E-state index contributed by atoms with van der Waals surface area (Å²) in [5.74, 6) is 0.651. The van der Waals surface area contributed by atoms with Crippen LogP contribution in [-0.4, -0.2) is 31.2 Å². The number of aromatic nitrogens is 1. The fourth-order valence-electron chi connectivity index (χ4n) is 3.28. The number of piperidine rings is 1. The maximum Gasteiger partial charge on any atom is 0.101 e. The summed E-state index contributed by atoms with van der Waals surface area (Å²) in [6.45, 7) is 4.34. The van der Waals surface area contributed by atoms with Crippen LogP contribution in [-0.2, 0) is 0 Å². The first-order chi connectivity index (χ1) is 10.2. The topological polar surface area (TPSA) is 52.0 Å². The third-order valence-corrected chi connectivity index (χ3v) is 4.28. The van der Waals surface area contributed by atoms with Crippen molar-refractivity contribution in [1.29, 1.82) is 5.26 Å². The van der Waals surface area contributed by atoms with Crippen molar-refractivity contribution >= 4 is 29.0 Å². The summed E-state index contributed by atoms with van der Waals surface area (Å²) >= 11 is 0. The van der Waals surface area contributed by atoms with E-state index in [0.717, 1.165) is 24.0 Å². The second-order valence-corrected chi connectivity index (χ2v) is 5.88. The number of benzene rings is 1. The minimum atomic E-state index is 0. The number of halogens is 1. The van der Waals surface area contributed by atoms with Crippen molar-refractivity contribution in [2.75, 3.05) is 25.0 Å². The number of pyridine rings is 1. The summed E-state index contributed by atoms with van der Waals surface area (Å²) in [6.07, 6.45) is 2.96. The van der Waals surface area contributed by atoms with Gasteiger partial charge in [0, 0.05) is 36.4 Å². The second-order valence-electron chi connectivity index (χ2n) is 5.88. The Morgan fingerprint density at radius 3 is 2.86 bits per heavy atom. The number of fused-ring (bicyclic) bond motifs is 1. The zero-order chi connectivity index (χ0) is 14.8. The molecule has 0 saturated carbocycles. The van der Waals surface area contributed by atoms with Gasteiger partial charge in [-0.2, -0.15) is 5.26 Å². The molecule has 4 nitrogen and oxygen atoms in total. The SMILES string of the molecule is CN[C@@H]1C[C@H](C)CN(c2ccc(C#N)c3ncccc23)C1.Cl. The molecule has 2 heterocycles. The number of nitriles is 1. The van der Waals surface area contributed by atoms with Crippen LogP contribution < -0.4 is 10.2 Å². The van der Waals surface area contributed by atoms with E-state index in [9.17, 15) is 5.26 Å². The van der Waals surface area contributed by atoms with Crippen molar-refractivity contribution in [3.8, 4) is 6.07 Å². The molecule has 1 N–H and O–H groups in total. The van der Waals surface area contributed by atoms with Crippen LogP contribution in [0.15, 0.2) is 30.5 Å². The first-order valence-corrected chi connectivity index (χ1v) is 7.43. The average Bonchev–Trinajstić information content (AvgIpc) is 2.53. The van der Waals surface area contributed by atoms with Crippen LogP contribution in [0.4, 0.5) is 5.69 Å². The fraction of sp³-hybridized carbons (Fsp3) is 0.412. The summed E-state index contributed by atoms with van der Waals surface area (Å²) in [7, 11) is 2.03. The smallest absolute Gasteiger partial charge is 0.101 e. The van der Waals surface area contributed by atoms with Gasteiger partial charge in [0.25, 0.3) is 0 Å². The van der Waals surface area contributed by atoms with E-state index in [1.165, 1.54) is 12.1 Å². The summed E-state index contributed by atoms with van der Waals surface area (Å²) < 4.78 is 0. The highest BCUT2D eigenvalue weighted by atomic mass is 35.5. The summed E-state index contributed by atoms with van der Waals surface area (Å²) in [5, 5.41) is 13.7. The summed E-state index contributed by atoms with van der Waals surface area (Å²) in [5.41, 5.74) is 2.63. The van der Waals surface area contributed by atoms with Crippen LogP contribution in [0.5, 0.6) is 0 Å². The Kier molecular flexibility index (Phi) is 5.23. The Morgan fingerprint density at radius 2 is 2.14 bits per heavy atom. The molecule has 2 atom stereocenters. The highest BCUT2D eigenvalue weighted by Gasteiger charge is 2.25. The van der Waals surface area contributed by atoms with E-state index in [2.05, 4.69) is 40.3 Å². The third-order valence-electron chi connectivity index (χ3n) is 4.28. The lowest BCUT2D eigenvalue weighted by atomic mass is 9.95. The maximum absolute atomic E-state index is 9.25. The molecule has 0 spiro atoms. The summed E-state index contributed by atoms with van der Waals surface area (Å²) in [6, 6.07) is 10.7. The largest absolute Gasteiger partial charge is 0.369 e. The zero-order valence-corrected chi connectivity index (χ0v) is 13.7. The molecule has 1 fully saturated rings. The van der Waals surface area contributed by atoms with E-state index in [4.69, 9.17) is 0 Å². The van der Waals surface area contributed by atoms with Crippen LogP contribution in [0.25, 0.3) is 10.9 Å². The number of anilines is 1. The molecule has 3 rings (SSSR count). The van der Waals surface area contributed by atoms with Crippen LogP contribution in [0.2, 0.25) is 0 Å². The number of hydrogen-bond donors (Lipinski definition) is 1. The molecule has 0 aliphatic carbocycles. The summed E-state index contributed by atoms with van der Waals surface area (Å²) in [4.78, 5) is 6.82. The van der Waals surface area contributed by atoms with Crippen LogP contribution in [0.3, 0.4) is 0 Å². The number of nitrogens with one attached hydrogen (secondary N) is 1. The normalized spacial score (nSPS) is 21.2. The standard InChI is InChI=1S/C17H20N4.ClH/c1-12-8-14(19-2)11-21(10-12)16-6-5-13(9-18)17-15(16)4-3-7-20-17;/h3-7,12,14,19H,8,10-11H2,1-2H3;1H/t12-,14+;/m0./s1. The van der Waals surface area contributed by atoms with Gasteiger partial charge >= 0.3 is 0 Å². The predicted octanol–water partition coefficient (Wildman–Crippen LogP) is 2.96. The fourth-order valence-corrected chi connectivity index (χ4v) is 3.28. The molecule has 0 amide bonds. The highest BCUT2D eigenvalue weighted by molar-refractivity contribution is 5.95. The minimum Gasteiger partial charge on any atom is -0.369 e. The van der Waals surface area contributed by atoms with Gasteiger partial charge in [-0.05, 0) is 43.7 Å². The van der Waals surface area contributed by atoms with Gasteiger partial charge in [-0.15, -0.1) is 12.4 Å². The van der Waals surface area contributed by atoms with Gasteiger partial charge in [-0.1, -0.05) is 6.92 Å². The van der Waals surface area contributed by atoms with Crippen LogP contribution in [0.1, 0.15) is 18.9 Å². The van der Waals surface area contributed by atoms with Crippen molar-refractivity contribution in [1.82, 2.24) is 10.3 Å². The molecule has 1 saturated heterocycles. The maximum atomic E-state index is 9.25. The Labute approximate surface area is 137 Å². The van der Waals surface area contributed by atoms with Crippen LogP contribution in [0, 0.1) is 17.2 Å². The molecule has 22 heavy (non-hydrogen) atoms. The van der Waals surface area contributed by atoms with Gasteiger partial charge < -0.3 is 10.2 Å². The first kappa shape index (κ1) is 16.5. The lowest BCUT2D eigenvalue weighted by Gasteiger charge is -2.38. The van der Waals surface area contributed by atoms with E-state index in [-0.39, 0.29) is 12.4 Å². The van der Waals surface area contributed by atoms with Crippen molar-refractivity contribution in [2.24, 2.45) is 5.92 Å². The van der Waals surface area contributed by atoms with Crippen molar-refractivity contribution in [3.63, 3.8) is 0 Å². The van der Waals surface area contributed by atoms with Gasteiger partial charge in [0.15, 0.2) is 0 Å². The molecule has 1 aliphatic heterocycles. The molecule has 1 aromatic carbocycles. The van der Waals surface area contributed by atoms with Crippen molar-refractivity contribution in [2.45, 2.75) is 19.4 Å². The molecule has 1 aliphatic rings. The third kappa shape index (κ3) is 3.01. The second kappa shape index (κ2) is 6.95. The first-order valence-electron chi connectivity index (χ1n) is 7.43. The van der Waals surface area contributed by atoms with E-state index < -0.39 is 0 Å². The molecule has 0 radical (unpaired) electrons. The minimum absolute atomic E-state index is 0. The van der Waals surface area contributed by atoms with Gasteiger partial charge in [0.05, 0.1) is 11.1 Å². The predicted molar refractivity (Wildman–Crippen MR) is 92.5 cm³/mol. The van der Waals surface area contributed by atoms with E-state index >= 15 is 0 Å². The average molecular weight is 317 g/mol. The van der Waals surface area contributed by atoms with Gasteiger partial charge in [-0.25, -0.2) is 0 Å². The monoisotopic (exact) mass is 316 g/mol. The van der Waals surface area contributed by atoms with E-state index in [1.54, 1.807) is 6.20 Å². The molecular weight excluding hydrogens is 296 g/mol. The lowest BCUT2D eigenvalue weighted by molar-refractivity contribution is 0.367. The van der Waals surface area contributed by atoms with Crippen LogP contribution >= 0.6 is 12.4 Å². The molecule has 1 aromatic heterocycles. The Bertz CT molecular complexity index is 695. The number of likely N-dealkylation sites (N-methyl/N-ethyl adjacent to an activating group) is 1. The Hall–Kier alpha value is -1.83.